The van der Waals surface area contributed by atoms with E-state index in [1.54, 1.807) is 6.21 Å². The number of benzene rings is 1. The molecule has 5 nitrogen and oxygen atoms in total. The third kappa shape index (κ3) is 5.25. The summed E-state index contributed by atoms with van der Waals surface area (Å²) in [5, 5.41) is 3.95. The molecule has 0 unspecified atom stereocenters. The minimum atomic E-state index is -0.0938. The van der Waals surface area contributed by atoms with E-state index in [2.05, 4.69) is 38.0 Å². The van der Waals surface area contributed by atoms with Gasteiger partial charge in [0, 0.05) is 16.7 Å². The van der Waals surface area contributed by atoms with Gasteiger partial charge in [-0.25, -0.2) is 5.43 Å². The Morgan fingerprint density at radius 1 is 1.37 bits per heavy atom. The van der Waals surface area contributed by atoms with E-state index < -0.39 is 0 Å². The van der Waals surface area contributed by atoms with Crippen molar-refractivity contribution in [3.63, 3.8) is 0 Å². The highest BCUT2D eigenvalue weighted by Gasteiger charge is 2.13. The van der Waals surface area contributed by atoms with Crippen LogP contribution in [-0.2, 0) is 9.53 Å². The summed E-state index contributed by atoms with van der Waals surface area (Å²) in [6.07, 6.45) is 1.65. The van der Waals surface area contributed by atoms with Gasteiger partial charge in [-0.05, 0) is 40.3 Å². The van der Waals surface area contributed by atoms with Gasteiger partial charge in [0.05, 0.1) is 26.0 Å². The molecule has 1 aromatic rings. The van der Waals surface area contributed by atoms with Gasteiger partial charge in [0.1, 0.15) is 0 Å². The fraction of sp³-hybridized carbons (Fsp3) is 0.385. The van der Waals surface area contributed by atoms with Crippen LogP contribution in [0.25, 0.3) is 0 Å². The van der Waals surface area contributed by atoms with Gasteiger partial charge < -0.3 is 4.74 Å². The van der Waals surface area contributed by atoms with E-state index in [1.807, 2.05) is 24.3 Å². The van der Waals surface area contributed by atoms with Gasteiger partial charge in [0.25, 0.3) is 5.91 Å². The predicted molar refractivity (Wildman–Crippen MR) is 82.2 cm³/mol. The summed E-state index contributed by atoms with van der Waals surface area (Å²) in [4.78, 5) is 13.7. The van der Waals surface area contributed by atoms with Crippen molar-refractivity contribution < 1.29 is 9.53 Å². The Morgan fingerprint density at radius 3 is 2.74 bits per heavy atom. The number of carbonyl (C=O) groups excluding carboxylic acids is 1. The summed E-state index contributed by atoms with van der Waals surface area (Å²) < 4.78 is 6.40. The van der Waals surface area contributed by atoms with Crippen molar-refractivity contribution in [2.45, 2.75) is 0 Å². The molecule has 0 radical (unpaired) electrons. The molecule has 0 spiro atoms. The van der Waals surface area contributed by atoms with Crippen molar-refractivity contribution >= 4 is 34.7 Å². The first kappa shape index (κ1) is 14.4. The molecule has 0 saturated carbocycles. The van der Waals surface area contributed by atoms with Crippen LogP contribution < -0.4 is 5.43 Å². The van der Waals surface area contributed by atoms with E-state index in [0.29, 0.717) is 19.8 Å². The van der Waals surface area contributed by atoms with Gasteiger partial charge in [0.15, 0.2) is 0 Å². The molecule has 19 heavy (non-hydrogen) atoms. The molecule has 1 aromatic carbocycles. The maximum absolute atomic E-state index is 11.6. The van der Waals surface area contributed by atoms with Crippen molar-refractivity contribution in [1.82, 2.24) is 10.3 Å². The zero-order chi connectivity index (χ0) is 13.5. The van der Waals surface area contributed by atoms with Crippen molar-refractivity contribution in [2.24, 2.45) is 5.10 Å². The Bertz CT molecular complexity index is 442. The monoisotopic (exact) mass is 373 g/mol. The number of halogens is 1. The highest BCUT2D eigenvalue weighted by Crippen LogP contribution is 2.04. The summed E-state index contributed by atoms with van der Waals surface area (Å²) in [5.74, 6) is -0.0938. The van der Waals surface area contributed by atoms with E-state index in [4.69, 9.17) is 4.74 Å². The SMILES string of the molecule is O=C(CN1CCOCC1)NN=Cc1ccc(I)cc1. The molecule has 0 atom stereocenters. The van der Waals surface area contributed by atoms with Crippen molar-refractivity contribution in [3.05, 3.63) is 33.4 Å². The molecule has 1 aliphatic rings. The number of nitrogens with zero attached hydrogens (tertiary/aromatic N) is 2. The number of rotatable bonds is 4. The van der Waals surface area contributed by atoms with Crippen LogP contribution in [0.3, 0.4) is 0 Å². The maximum atomic E-state index is 11.6. The Morgan fingerprint density at radius 2 is 2.05 bits per heavy atom. The van der Waals surface area contributed by atoms with Crippen LogP contribution in [0.1, 0.15) is 5.56 Å². The van der Waals surface area contributed by atoms with Crippen LogP contribution in [-0.4, -0.2) is 49.9 Å². The molecular formula is C13H16IN3O2. The molecule has 6 heteroatoms. The normalized spacial score (nSPS) is 16.7. The lowest BCUT2D eigenvalue weighted by atomic mass is 10.2. The molecule has 1 heterocycles. The third-order valence-corrected chi connectivity index (χ3v) is 3.46. The van der Waals surface area contributed by atoms with Gasteiger partial charge in [0.2, 0.25) is 0 Å². The molecule has 0 bridgehead atoms. The average Bonchev–Trinajstić information content (AvgIpc) is 2.42. The second-order valence-electron chi connectivity index (χ2n) is 4.23. The Kier molecular flexibility index (Phi) is 5.74. The second-order valence-corrected chi connectivity index (χ2v) is 5.48. The summed E-state index contributed by atoms with van der Waals surface area (Å²) >= 11 is 2.25. The van der Waals surface area contributed by atoms with E-state index in [-0.39, 0.29) is 5.91 Å². The third-order valence-electron chi connectivity index (χ3n) is 2.74. The zero-order valence-electron chi connectivity index (χ0n) is 10.5. The number of amides is 1. The lowest BCUT2D eigenvalue weighted by Crippen LogP contribution is -2.42. The molecule has 1 amide bonds. The van der Waals surface area contributed by atoms with E-state index >= 15 is 0 Å². The minimum absolute atomic E-state index is 0.0938. The van der Waals surface area contributed by atoms with Crippen LogP contribution in [0, 0.1) is 3.57 Å². The molecule has 2 rings (SSSR count). The highest BCUT2D eigenvalue weighted by atomic mass is 127. The fourth-order valence-electron chi connectivity index (χ4n) is 1.73. The van der Waals surface area contributed by atoms with Crippen molar-refractivity contribution in [2.75, 3.05) is 32.8 Å². The van der Waals surface area contributed by atoms with Crippen LogP contribution >= 0.6 is 22.6 Å². The van der Waals surface area contributed by atoms with Gasteiger partial charge in [-0.3, -0.25) is 9.69 Å². The van der Waals surface area contributed by atoms with Crippen LogP contribution in [0.15, 0.2) is 29.4 Å². The lowest BCUT2D eigenvalue weighted by Gasteiger charge is -2.25. The van der Waals surface area contributed by atoms with Gasteiger partial charge >= 0.3 is 0 Å². The van der Waals surface area contributed by atoms with Gasteiger partial charge in [-0.2, -0.15) is 5.10 Å². The van der Waals surface area contributed by atoms with E-state index in [0.717, 1.165) is 18.7 Å². The van der Waals surface area contributed by atoms with Crippen molar-refractivity contribution in [1.29, 1.82) is 0 Å². The van der Waals surface area contributed by atoms with Crippen LogP contribution in [0.5, 0.6) is 0 Å². The van der Waals surface area contributed by atoms with Crippen molar-refractivity contribution in [3.8, 4) is 0 Å². The molecule has 1 fully saturated rings. The summed E-state index contributed by atoms with van der Waals surface area (Å²) in [6, 6.07) is 7.91. The number of ether oxygens (including phenoxy) is 1. The Hall–Kier alpha value is -0.990. The Balaban J connectivity index is 1.74. The first-order valence-corrected chi connectivity index (χ1v) is 7.19. The van der Waals surface area contributed by atoms with Gasteiger partial charge in [-0.1, -0.05) is 12.1 Å². The number of morpholine rings is 1. The van der Waals surface area contributed by atoms with Crippen LogP contribution in [0.4, 0.5) is 0 Å². The lowest BCUT2D eigenvalue weighted by molar-refractivity contribution is -0.123. The predicted octanol–water partition coefficient (Wildman–Crippen LogP) is 1.07. The highest BCUT2D eigenvalue weighted by molar-refractivity contribution is 14.1. The summed E-state index contributed by atoms with van der Waals surface area (Å²) in [5.41, 5.74) is 3.50. The maximum Gasteiger partial charge on any atom is 0.254 e. The number of hydrogen-bond acceptors (Lipinski definition) is 4. The molecule has 1 N–H and O–H groups in total. The molecule has 1 aliphatic heterocycles. The fourth-order valence-corrected chi connectivity index (χ4v) is 2.08. The average molecular weight is 373 g/mol. The Labute approximate surface area is 126 Å². The topological polar surface area (TPSA) is 53.9 Å². The molecule has 0 aromatic heterocycles. The quantitative estimate of drug-likeness (QED) is 0.488. The largest absolute Gasteiger partial charge is 0.379 e. The smallest absolute Gasteiger partial charge is 0.254 e. The standard InChI is InChI=1S/C13H16IN3O2/c14-12-3-1-11(2-4-12)9-15-16-13(18)10-17-5-7-19-8-6-17/h1-4,9H,5-8,10H2,(H,16,18). The minimum Gasteiger partial charge on any atom is -0.379 e. The first-order chi connectivity index (χ1) is 9.24. The van der Waals surface area contributed by atoms with E-state index in [9.17, 15) is 4.79 Å². The second kappa shape index (κ2) is 7.56. The molecule has 0 aliphatic carbocycles. The van der Waals surface area contributed by atoms with Gasteiger partial charge in [-0.15, -0.1) is 0 Å². The number of carbonyl (C=O) groups is 1. The van der Waals surface area contributed by atoms with E-state index in [1.165, 1.54) is 3.57 Å². The summed E-state index contributed by atoms with van der Waals surface area (Å²) in [6.45, 7) is 3.36. The van der Waals surface area contributed by atoms with Crippen LogP contribution in [0.2, 0.25) is 0 Å². The first-order valence-electron chi connectivity index (χ1n) is 6.11. The molecule has 102 valence electrons. The molecular weight excluding hydrogens is 357 g/mol. The molecule has 1 saturated heterocycles. The number of nitrogens with one attached hydrogen (secondary N) is 1. The number of hydrazone groups is 1. The summed E-state index contributed by atoms with van der Waals surface area (Å²) in [7, 11) is 0. The number of hydrogen-bond donors (Lipinski definition) is 1. The zero-order valence-corrected chi connectivity index (χ0v) is 12.7.